The maximum absolute atomic E-state index is 3.44. The Bertz CT molecular complexity index is 160. The standard InChI is InChI=1S/C12H24N2/c1-14(8-6-11-3-2-4-11)10-12-5-7-13-9-12/h11-13H,2-10H2,1H3. The van der Waals surface area contributed by atoms with Gasteiger partial charge in [0.1, 0.15) is 0 Å². The van der Waals surface area contributed by atoms with Gasteiger partial charge in [-0.1, -0.05) is 19.3 Å². The van der Waals surface area contributed by atoms with Crippen LogP contribution in [0.1, 0.15) is 32.1 Å². The summed E-state index contributed by atoms with van der Waals surface area (Å²) in [5, 5.41) is 3.44. The van der Waals surface area contributed by atoms with E-state index in [1.54, 1.807) is 0 Å². The number of nitrogens with one attached hydrogen (secondary N) is 1. The number of rotatable bonds is 5. The van der Waals surface area contributed by atoms with Crippen molar-refractivity contribution in [3.8, 4) is 0 Å². The second kappa shape index (κ2) is 5.13. The molecule has 0 aromatic rings. The van der Waals surface area contributed by atoms with Gasteiger partial charge in [-0.25, -0.2) is 0 Å². The number of nitrogens with zero attached hydrogens (tertiary/aromatic N) is 1. The molecule has 1 saturated carbocycles. The first-order valence-corrected chi connectivity index (χ1v) is 6.24. The van der Waals surface area contributed by atoms with E-state index in [0.29, 0.717) is 0 Å². The molecule has 1 atom stereocenters. The van der Waals surface area contributed by atoms with Crippen molar-refractivity contribution in [3.05, 3.63) is 0 Å². The predicted octanol–water partition coefficient (Wildman–Crippen LogP) is 1.72. The summed E-state index contributed by atoms with van der Waals surface area (Å²) in [4.78, 5) is 2.54. The SMILES string of the molecule is CN(CCC1CCC1)CC1CCNC1. The van der Waals surface area contributed by atoms with Crippen LogP contribution < -0.4 is 5.32 Å². The fourth-order valence-corrected chi connectivity index (χ4v) is 2.59. The highest BCUT2D eigenvalue weighted by molar-refractivity contribution is 4.75. The Labute approximate surface area is 88.1 Å². The van der Waals surface area contributed by atoms with Gasteiger partial charge in [0.05, 0.1) is 0 Å². The zero-order valence-corrected chi connectivity index (χ0v) is 9.47. The van der Waals surface area contributed by atoms with Crippen molar-refractivity contribution in [1.29, 1.82) is 0 Å². The van der Waals surface area contributed by atoms with Gasteiger partial charge in [-0.15, -0.1) is 0 Å². The third-order valence-electron chi connectivity index (χ3n) is 3.88. The Hall–Kier alpha value is -0.0800. The lowest BCUT2D eigenvalue weighted by Gasteiger charge is -2.28. The molecular weight excluding hydrogens is 172 g/mol. The third-order valence-corrected chi connectivity index (χ3v) is 3.88. The normalized spacial score (nSPS) is 28.3. The molecule has 1 saturated heterocycles. The van der Waals surface area contributed by atoms with Crippen LogP contribution >= 0.6 is 0 Å². The van der Waals surface area contributed by atoms with Crippen LogP contribution in [-0.4, -0.2) is 38.1 Å². The molecule has 1 unspecified atom stereocenters. The average molecular weight is 196 g/mol. The van der Waals surface area contributed by atoms with E-state index in [1.165, 1.54) is 58.3 Å². The first kappa shape index (κ1) is 10.4. The van der Waals surface area contributed by atoms with Gasteiger partial charge in [-0.05, 0) is 51.4 Å². The Morgan fingerprint density at radius 1 is 1.21 bits per heavy atom. The van der Waals surface area contributed by atoms with Gasteiger partial charge in [-0.3, -0.25) is 0 Å². The van der Waals surface area contributed by atoms with Crippen molar-refractivity contribution in [3.63, 3.8) is 0 Å². The second-order valence-corrected chi connectivity index (χ2v) is 5.21. The molecule has 2 heteroatoms. The molecule has 1 heterocycles. The van der Waals surface area contributed by atoms with Gasteiger partial charge in [0.25, 0.3) is 0 Å². The second-order valence-electron chi connectivity index (χ2n) is 5.21. The van der Waals surface area contributed by atoms with Gasteiger partial charge in [0.15, 0.2) is 0 Å². The number of hydrogen-bond donors (Lipinski definition) is 1. The van der Waals surface area contributed by atoms with Crippen LogP contribution in [0.2, 0.25) is 0 Å². The van der Waals surface area contributed by atoms with Crippen LogP contribution in [0.5, 0.6) is 0 Å². The van der Waals surface area contributed by atoms with Gasteiger partial charge < -0.3 is 10.2 Å². The summed E-state index contributed by atoms with van der Waals surface area (Å²) < 4.78 is 0. The molecule has 0 bridgehead atoms. The molecule has 0 amide bonds. The lowest BCUT2D eigenvalue weighted by molar-refractivity contribution is 0.222. The first-order valence-electron chi connectivity index (χ1n) is 6.24. The molecule has 2 nitrogen and oxygen atoms in total. The summed E-state index contributed by atoms with van der Waals surface area (Å²) in [6.07, 6.45) is 7.31. The van der Waals surface area contributed by atoms with Crippen molar-refractivity contribution in [2.45, 2.75) is 32.1 Å². The number of hydrogen-bond acceptors (Lipinski definition) is 2. The molecule has 0 radical (unpaired) electrons. The van der Waals surface area contributed by atoms with Crippen molar-refractivity contribution < 1.29 is 0 Å². The first-order chi connectivity index (χ1) is 6.84. The van der Waals surface area contributed by atoms with Crippen molar-refractivity contribution >= 4 is 0 Å². The lowest BCUT2D eigenvalue weighted by Crippen LogP contribution is -2.29. The van der Waals surface area contributed by atoms with E-state index in [1.807, 2.05) is 0 Å². The van der Waals surface area contributed by atoms with E-state index in [4.69, 9.17) is 0 Å². The van der Waals surface area contributed by atoms with Crippen LogP contribution in [0.15, 0.2) is 0 Å². The maximum Gasteiger partial charge on any atom is 0.00192 e. The fourth-order valence-electron chi connectivity index (χ4n) is 2.59. The van der Waals surface area contributed by atoms with Gasteiger partial charge in [-0.2, -0.15) is 0 Å². The van der Waals surface area contributed by atoms with Crippen molar-refractivity contribution in [1.82, 2.24) is 10.2 Å². The van der Waals surface area contributed by atoms with E-state index in [0.717, 1.165) is 11.8 Å². The largest absolute Gasteiger partial charge is 0.316 e. The quantitative estimate of drug-likeness (QED) is 0.720. The van der Waals surface area contributed by atoms with Crippen molar-refractivity contribution in [2.75, 3.05) is 33.2 Å². The highest BCUT2D eigenvalue weighted by Crippen LogP contribution is 2.29. The minimum atomic E-state index is 0.918. The molecule has 1 aliphatic carbocycles. The minimum absolute atomic E-state index is 0.918. The molecule has 0 aromatic heterocycles. The van der Waals surface area contributed by atoms with E-state index < -0.39 is 0 Å². The molecule has 2 aliphatic rings. The van der Waals surface area contributed by atoms with Crippen LogP contribution in [0.3, 0.4) is 0 Å². The lowest BCUT2D eigenvalue weighted by atomic mass is 9.83. The molecule has 14 heavy (non-hydrogen) atoms. The maximum atomic E-state index is 3.44. The van der Waals surface area contributed by atoms with Crippen LogP contribution in [-0.2, 0) is 0 Å². The van der Waals surface area contributed by atoms with Crippen molar-refractivity contribution in [2.24, 2.45) is 11.8 Å². The predicted molar refractivity (Wildman–Crippen MR) is 60.4 cm³/mol. The van der Waals surface area contributed by atoms with Gasteiger partial charge in [0.2, 0.25) is 0 Å². The van der Waals surface area contributed by atoms with E-state index >= 15 is 0 Å². The summed E-state index contributed by atoms with van der Waals surface area (Å²) in [6.45, 7) is 5.11. The molecule has 82 valence electrons. The molecule has 0 aromatic carbocycles. The summed E-state index contributed by atoms with van der Waals surface area (Å²) >= 11 is 0. The smallest absolute Gasteiger partial charge is 0.00192 e. The Morgan fingerprint density at radius 3 is 2.64 bits per heavy atom. The molecule has 0 spiro atoms. The molecule has 2 fully saturated rings. The third kappa shape index (κ3) is 2.96. The molecular formula is C12H24N2. The average Bonchev–Trinajstić information content (AvgIpc) is 2.54. The Morgan fingerprint density at radius 2 is 2.07 bits per heavy atom. The summed E-state index contributed by atoms with van der Waals surface area (Å²) in [7, 11) is 2.29. The van der Waals surface area contributed by atoms with Gasteiger partial charge >= 0.3 is 0 Å². The van der Waals surface area contributed by atoms with Crippen LogP contribution in [0.25, 0.3) is 0 Å². The highest BCUT2D eigenvalue weighted by atomic mass is 15.1. The monoisotopic (exact) mass is 196 g/mol. The van der Waals surface area contributed by atoms with Crippen LogP contribution in [0, 0.1) is 11.8 Å². The topological polar surface area (TPSA) is 15.3 Å². The Kier molecular flexibility index (Phi) is 3.82. The highest BCUT2D eigenvalue weighted by Gasteiger charge is 2.19. The molecule has 1 N–H and O–H groups in total. The van der Waals surface area contributed by atoms with E-state index in [2.05, 4.69) is 17.3 Å². The zero-order valence-electron chi connectivity index (χ0n) is 9.47. The summed E-state index contributed by atoms with van der Waals surface area (Å²) in [6, 6.07) is 0. The van der Waals surface area contributed by atoms with Gasteiger partial charge in [0, 0.05) is 6.54 Å². The van der Waals surface area contributed by atoms with E-state index in [-0.39, 0.29) is 0 Å². The fraction of sp³-hybridized carbons (Fsp3) is 1.00. The zero-order chi connectivity index (χ0) is 9.80. The summed E-state index contributed by atoms with van der Waals surface area (Å²) in [5.41, 5.74) is 0. The van der Waals surface area contributed by atoms with E-state index in [9.17, 15) is 0 Å². The Balaban J connectivity index is 1.55. The molecule has 1 aliphatic heterocycles. The van der Waals surface area contributed by atoms with Crippen LogP contribution in [0.4, 0.5) is 0 Å². The minimum Gasteiger partial charge on any atom is -0.316 e. The molecule has 2 rings (SSSR count). The summed E-state index contributed by atoms with van der Waals surface area (Å²) in [5.74, 6) is 1.99.